The summed E-state index contributed by atoms with van der Waals surface area (Å²) < 4.78 is 1.64. The molecule has 2 aromatic carbocycles. The van der Waals surface area contributed by atoms with Crippen molar-refractivity contribution in [3.05, 3.63) is 71.0 Å². The lowest BCUT2D eigenvalue weighted by atomic mass is 10.1. The summed E-state index contributed by atoms with van der Waals surface area (Å²) in [5.74, 6) is -0.303. The first-order valence-corrected chi connectivity index (χ1v) is 11.3. The molecule has 0 saturated heterocycles. The van der Waals surface area contributed by atoms with Crippen LogP contribution >= 0.6 is 23.4 Å². The minimum absolute atomic E-state index is 0.0438. The van der Waals surface area contributed by atoms with E-state index in [0.717, 1.165) is 17.7 Å². The summed E-state index contributed by atoms with van der Waals surface area (Å²) in [5.41, 5.74) is 4.89. The number of halogens is 1. The average molecular weight is 456 g/mol. The number of carbonyl (C=O) groups excluding carboxylic acids is 2. The quantitative estimate of drug-likeness (QED) is 0.535. The monoisotopic (exact) mass is 455 g/mol. The van der Waals surface area contributed by atoms with Crippen LogP contribution in [0.1, 0.15) is 22.4 Å². The lowest BCUT2D eigenvalue weighted by Crippen LogP contribution is -2.32. The Morgan fingerprint density at radius 1 is 1.19 bits per heavy atom. The van der Waals surface area contributed by atoms with E-state index in [-0.39, 0.29) is 29.5 Å². The first-order chi connectivity index (χ1) is 15.0. The van der Waals surface area contributed by atoms with Crippen LogP contribution < -0.4 is 10.6 Å². The van der Waals surface area contributed by atoms with E-state index in [4.69, 9.17) is 11.6 Å². The number of benzene rings is 2. The van der Waals surface area contributed by atoms with E-state index in [1.165, 1.54) is 16.0 Å². The van der Waals surface area contributed by atoms with Crippen molar-refractivity contribution in [1.82, 2.24) is 25.6 Å². The molecule has 1 atom stereocenters. The summed E-state index contributed by atoms with van der Waals surface area (Å²) >= 11 is 7.10. The number of thioether (sulfide) groups is 1. The van der Waals surface area contributed by atoms with Crippen molar-refractivity contribution in [3.8, 4) is 5.69 Å². The Labute approximate surface area is 189 Å². The van der Waals surface area contributed by atoms with Crippen molar-refractivity contribution in [2.75, 3.05) is 5.88 Å². The fourth-order valence-corrected chi connectivity index (χ4v) is 4.67. The van der Waals surface area contributed by atoms with Crippen LogP contribution in [0.2, 0.25) is 0 Å². The second kappa shape index (κ2) is 9.53. The Kier molecular flexibility index (Phi) is 6.58. The molecule has 0 radical (unpaired) electrons. The van der Waals surface area contributed by atoms with Crippen molar-refractivity contribution in [2.24, 2.45) is 0 Å². The van der Waals surface area contributed by atoms with Crippen molar-refractivity contribution in [1.29, 1.82) is 0 Å². The predicted molar refractivity (Wildman–Crippen MR) is 120 cm³/mol. The number of hydrogen-bond acceptors (Lipinski definition) is 5. The number of fused-ring (bicyclic) bond motifs is 1. The van der Waals surface area contributed by atoms with Crippen molar-refractivity contribution in [3.63, 3.8) is 0 Å². The highest BCUT2D eigenvalue weighted by Gasteiger charge is 2.28. The molecule has 2 heterocycles. The van der Waals surface area contributed by atoms with E-state index in [9.17, 15) is 9.59 Å². The lowest BCUT2D eigenvalue weighted by molar-refractivity contribution is -0.121. The van der Waals surface area contributed by atoms with Crippen LogP contribution in [0.3, 0.4) is 0 Å². The Morgan fingerprint density at radius 3 is 2.90 bits per heavy atom. The highest BCUT2D eigenvalue weighted by molar-refractivity contribution is 8.01. The molecular formula is C22H22ClN5O2S. The second-order valence-electron chi connectivity index (χ2n) is 7.37. The van der Waals surface area contributed by atoms with Gasteiger partial charge in [-0.15, -0.1) is 28.5 Å². The van der Waals surface area contributed by atoms with Gasteiger partial charge in [0, 0.05) is 11.4 Å². The molecule has 4 rings (SSSR count). The van der Waals surface area contributed by atoms with E-state index >= 15 is 0 Å². The van der Waals surface area contributed by atoms with Crippen LogP contribution in [-0.2, 0) is 29.1 Å². The third kappa shape index (κ3) is 5.26. The molecule has 1 aromatic heterocycles. The fraction of sp³-hybridized carbons (Fsp3) is 0.273. The molecule has 31 heavy (non-hydrogen) atoms. The number of alkyl halides is 1. The van der Waals surface area contributed by atoms with E-state index in [0.29, 0.717) is 12.2 Å². The molecule has 1 unspecified atom stereocenters. The van der Waals surface area contributed by atoms with Gasteiger partial charge in [-0.25, -0.2) is 4.68 Å². The maximum atomic E-state index is 12.7. The minimum Gasteiger partial charge on any atom is -0.351 e. The maximum Gasteiger partial charge on any atom is 0.235 e. The van der Waals surface area contributed by atoms with Crippen molar-refractivity contribution < 1.29 is 9.59 Å². The first kappa shape index (κ1) is 21.4. The zero-order chi connectivity index (χ0) is 21.8. The fourth-order valence-electron chi connectivity index (χ4n) is 3.38. The van der Waals surface area contributed by atoms with Crippen molar-refractivity contribution >= 4 is 35.2 Å². The smallest absolute Gasteiger partial charge is 0.235 e. The van der Waals surface area contributed by atoms with Gasteiger partial charge in [0.2, 0.25) is 11.8 Å². The van der Waals surface area contributed by atoms with Crippen LogP contribution in [0.4, 0.5) is 0 Å². The third-order valence-electron chi connectivity index (χ3n) is 4.95. The van der Waals surface area contributed by atoms with Gasteiger partial charge < -0.3 is 10.6 Å². The van der Waals surface area contributed by atoms with Gasteiger partial charge in [-0.2, -0.15) is 0 Å². The zero-order valence-electron chi connectivity index (χ0n) is 17.0. The predicted octanol–water partition coefficient (Wildman–Crippen LogP) is 2.76. The van der Waals surface area contributed by atoms with Crippen LogP contribution in [0.5, 0.6) is 0 Å². The Balaban J connectivity index is 1.34. The molecule has 0 aliphatic carbocycles. The Hall–Kier alpha value is -2.84. The molecule has 3 aromatic rings. The standard InChI is InChI=1S/C22H22ClN5O2S/c1-14-5-6-19-16(7-14)9-20(31-19)22(30)25-11-15-3-2-4-18(8-15)28-13-17(26-27-28)12-24-21(29)10-23/h2-8,13,20H,9-12H2,1H3,(H,24,29)(H,25,30). The van der Waals surface area contributed by atoms with Crippen LogP contribution in [0, 0.1) is 6.92 Å². The Bertz CT molecular complexity index is 1120. The van der Waals surface area contributed by atoms with E-state index in [1.54, 1.807) is 22.6 Å². The summed E-state index contributed by atoms with van der Waals surface area (Å²) in [5, 5.41) is 13.8. The summed E-state index contributed by atoms with van der Waals surface area (Å²) in [6.07, 6.45) is 2.51. The molecule has 2 amide bonds. The second-order valence-corrected chi connectivity index (χ2v) is 8.89. The number of rotatable bonds is 7. The SMILES string of the molecule is Cc1ccc2c(c1)CC(C(=O)NCc1cccc(-n3cc(CNC(=O)CCl)nn3)c1)S2. The van der Waals surface area contributed by atoms with Gasteiger partial charge in [-0.3, -0.25) is 9.59 Å². The number of aromatic nitrogens is 3. The number of hydrogen-bond donors (Lipinski definition) is 2. The van der Waals surface area contributed by atoms with Gasteiger partial charge in [-0.1, -0.05) is 35.0 Å². The number of nitrogens with zero attached hydrogens (tertiary/aromatic N) is 3. The molecule has 0 bridgehead atoms. The van der Waals surface area contributed by atoms with Crippen LogP contribution in [0.25, 0.3) is 5.69 Å². The van der Waals surface area contributed by atoms with Gasteiger partial charge in [0.1, 0.15) is 11.6 Å². The molecule has 1 aliphatic rings. The molecule has 0 fully saturated rings. The largest absolute Gasteiger partial charge is 0.351 e. The zero-order valence-corrected chi connectivity index (χ0v) is 18.5. The van der Waals surface area contributed by atoms with Gasteiger partial charge in [0.05, 0.1) is 23.7 Å². The van der Waals surface area contributed by atoms with Gasteiger partial charge in [-0.05, 0) is 42.7 Å². The number of amides is 2. The summed E-state index contributed by atoms with van der Waals surface area (Å²) in [4.78, 5) is 25.1. The van der Waals surface area contributed by atoms with Crippen LogP contribution in [0.15, 0.2) is 53.6 Å². The number of carbonyl (C=O) groups is 2. The van der Waals surface area contributed by atoms with Gasteiger partial charge in [0.15, 0.2) is 0 Å². The average Bonchev–Trinajstić information content (AvgIpc) is 3.43. The molecule has 0 saturated carbocycles. The van der Waals surface area contributed by atoms with E-state index in [2.05, 4.69) is 46.1 Å². The normalized spacial score (nSPS) is 14.8. The summed E-state index contributed by atoms with van der Waals surface area (Å²) in [6, 6.07) is 14.1. The molecular weight excluding hydrogens is 434 g/mol. The number of nitrogens with one attached hydrogen (secondary N) is 2. The van der Waals surface area contributed by atoms with Crippen molar-refractivity contribution in [2.45, 2.75) is 36.6 Å². The molecule has 160 valence electrons. The summed E-state index contributed by atoms with van der Waals surface area (Å²) in [7, 11) is 0. The molecule has 7 nitrogen and oxygen atoms in total. The Morgan fingerprint density at radius 2 is 2.06 bits per heavy atom. The maximum absolute atomic E-state index is 12.7. The van der Waals surface area contributed by atoms with Gasteiger partial charge in [0.25, 0.3) is 0 Å². The highest BCUT2D eigenvalue weighted by atomic mass is 35.5. The molecule has 1 aliphatic heterocycles. The third-order valence-corrected chi connectivity index (χ3v) is 6.51. The van der Waals surface area contributed by atoms with Crippen LogP contribution in [-0.4, -0.2) is 37.9 Å². The topological polar surface area (TPSA) is 88.9 Å². The first-order valence-electron chi connectivity index (χ1n) is 9.89. The number of aryl methyl sites for hydroxylation is 1. The van der Waals surface area contributed by atoms with E-state index < -0.39 is 0 Å². The summed E-state index contributed by atoms with van der Waals surface area (Å²) in [6.45, 7) is 2.77. The van der Waals surface area contributed by atoms with Gasteiger partial charge >= 0.3 is 0 Å². The molecule has 0 spiro atoms. The minimum atomic E-state index is -0.257. The highest BCUT2D eigenvalue weighted by Crippen LogP contribution is 2.37. The van der Waals surface area contributed by atoms with E-state index in [1.807, 2.05) is 24.3 Å². The molecule has 2 N–H and O–H groups in total. The molecule has 9 heteroatoms. The lowest BCUT2D eigenvalue weighted by Gasteiger charge is -2.11.